The Morgan fingerprint density at radius 2 is 2.00 bits per heavy atom. The Morgan fingerprint density at radius 1 is 1.23 bits per heavy atom. The standard InChI is InChI=1S/C19H18F2N4O/c1-24-18-16(5-2-6-22-18)17(23-24)12-4-3-7-25(11-12)19(26)13-8-14(20)10-15(21)9-13/h2,5-6,8-10,12H,3-4,7,11H2,1H3. The van der Waals surface area contributed by atoms with Gasteiger partial charge in [-0.3, -0.25) is 9.48 Å². The third-order valence-electron chi connectivity index (χ3n) is 4.83. The summed E-state index contributed by atoms with van der Waals surface area (Å²) in [6.07, 6.45) is 3.44. The number of nitrogens with zero attached hydrogens (tertiary/aromatic N) is 4. The molecule has 1 amide bonds. The Morgan fingerprint density at radius 3 is 2.77 bits per heavy atom. The predicted octanol–water partition coefficient (Wildman–Crippen LogP) is 3.27. The highest BCUT2D eigenvalue weighted by Crippen LogP contribution is 2.31. The van der Waals surface area contributed by atoms with Crippen LogP contribution in [0.25, 0.3) is 11.0 Å². The first-order chi connectivity index (χ1) is 12.5. The normalized spacial score (nSPS) is 17.7. The van der Waals surface area contributed by atoms with Crippen molar-refractivity contribution in [3.8, 4) is 0 Å². The van der Waals surface area contributed by atoms with Gasteiger partial charge in [0.15, 0.2) is 5.65 Å². The molecule has 1 aliphatic heterocycles. The van der Waals surface area contributed by atoms with Crippen LogP contribution in [-0.2, 0) is 7.05 Å². The zero-order valence-electron chi connectivity index (χ0n) is 14.3. The van der Waals surface area contributed by atoms with Crippen molar-refractivity contribution in [2.45, 2.75) is 18.8 Å². The number of amides is 1. The lowest BCUT2D eigenvalue weighted by atomic mass is 9.93. The van der Waals surface area contributed by atoms with Crippen LogP contribution in [0.4, 0.5) is 8.78 Å². The number of carbonyl (C=O) groups excluding carboxylic acids is 1. The maximum atomic E-state index is 13.4. The summed E-state index contributed by atoms with van der Waals surface area (Å²) < 4.78 is 28.6. The number of piperidine rings is 1. The summed E-state index contributed by atoms with van der Waals surface area (Å²) in [5.74, 6) is -1.78. The average molecular weight is 356 g/mol. The van der Waals surface area contributed by atoms with E-state index in [0.717, 1.165) is 47.8 Å². The number of rotatable bonds is 2. The van der Waals surface area contributed by atoms with Crippen LogP contribution < -0.4 is 0 Å². The number of aryl methyl sites for hydroxylation is 1. The van der Waals surface area contributed by atoms with Gasteiger partial charge in [-0.1, -0.05) is 0 Å². The van der Waals surface area contributed by atoms with Gasteiger partial charge in [0, 0.05) is 49.3 Å². The Kier molecular flexibility index (Phi) is 4.14. The van der Waals surface area contributed by atoms with Gasteiger partial charge in [0.2, 0.25) is 0 Å². The van der Waals surface area contributed by atoms with Gasteiger partial charge in [-0.2, -0.15) is 5.10 Å². The van der Waals surface area contributed by atoms with Crippen LogP contribution in [0, 0.1) is 11.6 Å². The second kappa shape index (κ2) is 6.48. The molecule has 134 valence electrons. The van der Waals surface area contributed by atoms with E-state index < -0.39 is 11.6 Å². The number of pyridine rings is 1. The van der Waals surface area contributed by atoms with E-state index in [0.29, 0.717) is 13.1 Å². The lowest BCUT2D eigenvalue weighted by Gasteiger charge is -2.32. The van der Waals surface area contributed by atoms with Crippen LogP contribution in [0.3, 0.4) is 0 Å². The molecule has 4 rings (SSSR count). The molecule has 5 nitrogen and oxygen atoms in total. The maximum Gasteiger partial charge on any atom is 0.254 e. The van der Waals surface area contributed by atoms with Gasteiger partial charge in [0.1, 0.15) is 11.6 Å². The van der Waals surface area contributed by atoms with Gasteiger partial charge in [-0.15, -0.1) is 0 Å². The molecule has 26 heavy (non-hydrogen) atoms. The number of carbonyl (C=O) groups is 1. The Bertz CT molecular complexity index is 965. The number of hydrogen-bond donors (Lipinski definition) is 0. The molecular formula is C19H18F2N4O. The van der Waals surface area contributed by atoms with Gasteiger partial charge in [0.25, 0.3) is 5.91 Å². The Balaban J connectivity index is 1.62. The van der Waals surface area contributed by atoms with Crippen molar-refractivity contribution in [1.29, 1.82) is 0 Å². The fourth-order valence-corrected chi connectivity index (χ4v) is 3.66. The van der Waals surface area contributed by atoms with E-state index in [1.807, 2.05) is 19.2 Å². The minimum Gasteiger partial charge on any atom is -0.338 e. The Hall–Kier alpha value is -2.83. The van der Waals surface area contributed by atoms with E-state index in [1.54, 1.807) is 15.8 Å². The molecule has 0 radical (unpaired) electrons. The van der Waals surface area contributed by atoms with Crippen molar-refractivity contribution in [1.82, 2.24) is 19.7 Å². The first kappa shape index (κ1) is 16.6. The van der Waals surface area contributed by atoms with Crippen LogP contribution in [0.5, 0.6) is 0 Å². The van der Waals surface area contributed by atoms with Gasteiger partial charge >= 0.3 is 0 Å². The SMILES string of the molecule is Cn1nc(C2CCCN(C(=O)c3cc(F)cc(F)c3)C2)c2cccnc21. The molecule has 3 heterocycles. The van der Waals surface area contributed by atoms with Crippen LogP contribution >= 0.6 is 0 Å². The van der Waals surface area contributed by atoms with Gasteiger partial charge in [-0.05, 0) is 37.1 Å². The summed E-state index contributed by atoms with van der Waals surface area (Å²) >= 11 is 0. The van der Waals surface area contributed by atoms with Crippen molar-refractivity contribution in [3.63, 3.8) is 0 Å². The average Bonchev–Trinajstić information content (AvgIpc) is 2.98. The van der Waals surface area contributed by atoms with Crippen molar-refractivity contribution >= 4 is 16.9 Å². The molecule has 0 saturated carbocycles. The van der Waals surface area contributed by atoms with E-state index in [2.05, 4.69) is 10.1 Å². The largest absolute Gasteiger partial charge is 0.338 e. The number of benzene rings is 1. The molecule has 0 aliphatic carbocycles. The van der Waals surface area contributed by atoms with E-state index in [4.69, 9.17) is 0 Å². The highest BCUT2D eigenvalue weighted by Gasteiger charge is 2.29. The zero-order chi connectivity index (χ0) is 18.3. The molecule has 1 aromatic carbocycles. The van der Waals surface area contributed by atoms with Gasteiger partial charge in [0.05, 0.1) is 5.69 Å². The fourth-order valence-electron chi connectivity index (χ4n) is 3.66. The summed E-state index contributed by atoms with van der Waals surface area (Å²) in [4.78, 5) is 18.7. The molecule has 7 heteroatoms. The molecule has 3 aromatic rings. The van der Waals surface area contributed by atoms with E-state index in [9.17, 15) is 13.6 Å². The molecule has 0 N–H and O–H groups in total. The highest BCUT2D eigenvalue weighted by atomic mass is 19.1. The van der Waals surface area contributed by atoms with Crippen molar-refractivity contribution in [2.24, 2.45) is 7.05 Å². The van der Waals surface area contributed by atoms with Crippen LogP contribution in [0.1, 0.15) is 34.8 Å². The van der Waals surface area contributed by atoms with Crippen molar-refractivity contribution in [2.75, 3.05) is 13.1 Å². The van der Waals surface area contributed by atoms with E-state index in [1.165, 1.54) is 0 Å². The van der Waals surface area contributed by atoms with Gasteiger partial charge < -0.3 is 4.90 Å². The smallest absolute Gasteiger partial charge is 0.254 e. The summed E-state index contributed by atoms with van der Waals surface area (Å²) in [5.41, 5.74) is 1.76. The number of aromatic nitrogens is 3. The molecule has 0 bridgehead atoms. The number of fused-ring (bicyclic) bond motifs is 1. The lowest BCUT2D eigenvalue weighted by molar-refractivity contribution is 0.0705. The summed E-state index contributed by atoms with van der Waals surface area (Å²) in [7, 11) is 1.85. The number of likely N-dealkylation sites (tertiary alicyclic amines) is 1. The molecule has 1 saturated heterocycles. The molecular weight excluding hydrogens is 338 g/mol. The molecule has 1 aliphatic rings. The molecule has 1 unspecified atom stereocenters. The number of halogens is 2. The van der Waals surface area contributed by atoms with Crippen LogP contribution in [0.2, 0.25) is 0 Å². The monoisotopic (exact) mass is 356 g/mol. The minimum atomic E-state index is -0.747. The summed E-state index contributed by atoms with van der Waals surface area (Å²) in [6, 6.07) is 6.77. The zero-order valence-corrected chi connectivity index (χ0v) is 14.3. The Labute approximate surface area is 149 Å². The predicted molar refractivity (Wildman–Crippen MR) is 92.7 cm³/mol. The van der Waals surface area contributed by atoms with Crippen LogP contribution in [0.15, 0.2) is 36.5 Å². The topological polar surface area (TPSA) is 51.0 Å². The maximum absolute atomic E-state index is 13.4. The quantitative estimate of drug-likeness (QED) is 0.708. The molecule has 0 spiro atoms. The molecule has 1 atom stereocenters. The van der Waals surface area contributed by atoms with Crippen LogP contribution in [-0.4, -0.2) is 38.7 Å². The number of hydrogen-bond acceptors (Lipinski definition) is 3. The minimum absolute atomic E-state index is 0.0377. The highest BCUT2D eigenvalue weighted by molar-refractivity contribution is 5.94. The van der Waals surface area contributed by atoms with Crippen molar-refractivity contribution in [3.05, 3.63) is 59.4 Å². The van der Waals surface area contributed by atoms with E-state index in [-0.39, 0.29) is 17.4 Å². The van der Waals surface area contributed by atoms with Crippen molar-refractivity contribution < 1.29 is 13.6 Å². The first-order valence-electron chi connectivity index (χ1n) is 8.56. The first-order valence-corrected chi connectivity index (χ1v) is 8.56. The third-order valence-corrected chi connectivity index (χ3v) is 4.83. The second-order valence-corrected chi connectivity index (χ2v) is 6.63. The second-order valence-electron chi connectivity index (χ2n) is 6.63. The van der Waals surface area contributed by atoms with Gasteiger partial charge in [-0.25, -0.2) is 13.8 Å². The lowest BCUT2D eigenvalue weighted by Crippen LogP contribution is -2.39. The third kappa shape index (κ3) is 2.94. The summed E-state index contributed by atoms with van der Waals surface area (Å²) in [5, 5.41) is 5.58. The molecule has 2 aromatic heterocycles. The van der Waals surface area contributed by atoms with E-state index >= 15 is 0 Å². The molecule has 1 fully saturated rings. The summed E-state index contributed by atoms with van der Waals surface area (Å²) in [6.45, 7) is 1.04. The fraction of sp³-hybridized carbons (Fsp3) is 0.316.